The molecule has 5 heteroatoms. The fourth-order valence-corrected chi connectivity index (χ4v) is 2.21. The number of fused-ring (bicyclic) bond motifs is 1. The van der Waals surface area contributed by atoms with Crippen LogP contribution in [0.1, 0.15) is 6.92 Å². The highest BCUT2D eigenvalue weighted by atomic mass is 32.2. The molecule has 0 spiro atoms. The predicted molar refractivity (Wildman–Crippen MR) is 60.0 cm³/mol. The van der Waals surface area contributed by atoms with Crippen LogP contribution >= 0.6 is 11.8 Å². The number of aromatic nitrogens is 3. The van der Waals surface area contributed by atoms with Gasteiger partial charge in [-0.15, -0.1) is 11.8 Å². The van der Waals surface area contributed by atoms with E-state index >= 15 is 0 Å². The van der Waals surface area contributed by atoms with E-state index in [1.165, 1.54) is 0 Å². The van der Waals surface area contributed by atoms with Gasteiger partial charge >= 0.3 is 0 Å². The molecule has 0 saturated heterocycles. The Morgan fingerprint density at radius 2 is 2.40 bits per heavy atom. The number of rotatable bonds is 4. The van der Waals surface area contributed by atoms with Crippen LogP contribution in [0.2, 0.25) is 0 Å². The Morgan fingerprint density at radius 1 is 1.53 bits per heavy atom. The van der Waals surface area contributed by atoms with Crippen molar-refractivity contribution >= 4 is 17.3 Å². The summed E-state index contributed by atoms with van der Waals surface area (Å²) in [5, 5.41) is 14.0. The smallest absolute Gasteiger partial charge is 0.122 e. The lowest BCUT2D eigenvalue weighted by Gasteiger charge is -2.06. The van der Waals surface area contributed by atoms with E-state index in [0.717, 1.165) is 16.3 Å². The summed E-state index contributed by atoms with van der Waals surface area (Å²) in [7, 11) is 0. The molecular weight excluding hydrogens is 210 g/mol. The fourth-order valence-electron chi connectivity index (χ4n) is 1.22. The van der Waals surface area contributed by atoms with E-state index < -0.39 is 0 Å². The van der Waals surface area contributed by atoms with Crippen molar-refractivity contribution in [3.63, 3.8) is 0 Å². The van der Waals surface area contributed by atoms with Crippen LogP contribution in [0.5, 0.6) is 0 Å². The first-order chi connectivity index (χ1) is 7.31. The molecule has 0 bridgehead atoms. The summed E-state index contributed by atoms with van der Waals surface area (Å²) in [6.07, 6.45) is 5.33. The Morgan fingerprint density at radius 3 is 3.20 bits per heavy atom. The minimum atomic E-state index is 0.218. The lowest BCUT2D eigenvalue weighted by molar-refractivity contribution is 0.250. The molecule has 2 rings (SSSR count). The molecule has 1 unspecified atom stereocenters. The first kappa shape index (κ1) is 10.4. The molecule has 2 aromatic rings. The number of aliphatic hydroxyl groups excluding tert-OH is 1. The van der Waals surface area contributed by atoms with Crippen LogP contribution in [-0.4, -0.2) is 32.1 Å². The molecule has 2 aromatic heterocycles. The Labute approximate surface area is 92.3 Å². The van der Waals surface area contributed by atoms with Crippen molar-refractivity contribution in [3.8, 4) is 0 Å². The maximum Gasteiger partial charge on any atom is 0.122 e. The van der Waals surface area contributed by atoms with Crippen molar-refractivity contribution in [2.45, 2.75) is 11.9 Å². The normalized spacial score (nSPS) is 13.2. The molecule has 4 nitrogen and oxygen atoms in total. The Bertz CT molecular complexity index is 443. The van der Waals surface area contributed by atoms with Gasteiger partial charge in [0.15, 0.2) is 0 Å². The van der Waals surface area contributed by atoms with Crippen molar-refractivity contribution in [3.05, 3.63) is 24.7 Å². The summed E-state index contributed by atoms with van der Waals surface area (Å²) in [5.74, 6) is 1.16. The summed E-state index contributed by atoms with van der Waals surface area (Å²) in [6.45, 7) is 2.24. The molecule has 0 aromatic carbocycles. The molecule has 0 radical (unpaired) electrons. The average molecular weight is 223 g/mol. The van der Waals surface area contributed by atoms with Crippen LogP contribution in [-0.2, 0) is 0 Å². The van der Waals surface area contributed by atoms with Gasteiger partial charge in [-0.05, 0) is 12.0 Å². The standard InChI is InChI=1S/C10H13N3OS/c1-8(6-14)7-15-10-9-2-3-12-13(9)5-4-11-10/h2-5,8,14H,6-7H2,1H3. The summed E-state index contributed by atoms with van der Waals surface area (Å²) in [6, 6.07) is 1.94. The summed E-state index contributed by atoms with van der Waals surface area (Å²) in [4.78, 5) is 4.31. The van der Waals surface area contributed by atoms with Crippen molar-refractivity contribution in [1.82, 2.24) is 14.6 Å². The minimum Gasteiger partial charge on any atom is -0.396 e. The van der Waals surface area contributed by atoms with E-state index in [2.05, 4.69) is 10.1 Å². The lowest BCUT2D eigenvalue weighted by atomic mass is 10.2. The summed E-state index contributed by atoms with van der Waals surface area (Å²) >= 11 is 1.66. The van der Waals surface area contributed by atoms with Crippen molar-refractivity contribution in [2.24, 2.45) is 5.92 Å². The van der Waals surface area contributed by atoms with Gasteiger partial charge in [-0.1, -0.05) is 6.92 Å². The van der Waals surface area contributed by atoms with Gasteiger partial charge in [0, 0.05) is 24.8 Å². The topological polar surface area (TPSA) is 50.4 Å². The molecule has 0 aliphatic rings. The number of aliphatic hydroxyl groups is 1. The Kier molecular flexibility index (Phi) is 3.23. The number of thioether (sulfide) groups is 1. The third kappa shape index (κ3) is 2.30. The molecule has 2 heterocycles. The minimum absolute atomic E-state index is 0.218. The van der Waals surface area contributed by atoms with E-state index in [1.807, 2.05) is 19.2 Å². The van der Waals surface area contributed by atoms with Crippen LogP contribution in [0, 0.1) is 5.92 Å². The van der Waals surface area contributed by atoms with E-state index in [0.29, 0.717) is 5.92 Å². The second kappa shape index (κ2) is 4.63. The van der Waals surface area contributed by atoms with E-state index in [1.54, 1.807) is 28.7 Å². The fraction of sp³-hybridized carbons (Fsp3) is 0.400. The van der Waals surface area contributed by atoms with Crippen LogP contribution in [0.25, 0.3) is 5.52 Å². The maximum atomic E-state index is 8.93. The largest absolute Gasteiger partial charge is 0.396 e. The van der Waals surface area contributed by atoms with Crippen LogP contribution < -0.4 is 0 Å². The molecule has 1 atom stereocenters. The summed E-state index contributed by atoms with van der Waals surface area (Å²) < 4.78 is 1.80. The maximum absolute atomic E-state index is 8.93. The first-order valence-corrected chi connectivity index (χ1v) is 5.82. The quantitative estimate of drug-likeness (QED) is 0.797. The molecule has 0 saturated carbocycles. The molecule has 80 valence electrons. The highest BCUT2D eigenvalue weighted by Crippen LogP contribution is 2.22. The van der Waals surface area contributed by atoms with Gasteiger partial charge in [0.1, 0.15) is 5.03 Å². The van der Waals surface area contributed by atoms with Gasteiger partial charge in [0.25, 0.3) is 0 Å². The Hall–Kier alpha value is -1.07. The zero-order chi connectivity index (χ0) is 10.7. The molecule has 0 amide bonds. The number of hydrogen-bond acceptors (Lipinski definition) is 4. The molecule has 1 N–H and O–H groups in total. The van der Waals surface area contributed by atoms with Gasteiger partial charge in [-0.3, -0.25) is 0 Å². The highest BCUT2D eigenvalue weighted by Gasteiger charge is 2.06. The predicted octanol–water partition coefficient (Wildman–Crippen LogP) is 1.45. The zero-order valence-corrected chi connectivity index (χ0v) is 9.31. The van der Waals surface area contributed by atoms with Crippen molar-refractivity contribution in [2.75, 3.05) is 12.4 Å². The van der Waals surface area contributed by atoms with E-state index in [9.17, 15) is 0 Å². The van der Waals surface area contributed by atoms with Crippen LogP contribution in [0.15, 0.2) is 29.7 Å². The van der Waals surface area contributed by atoms with Crippen LogP contribution in [0.3, 0.4) is 0 Å². The zero-order valence-electron chi connectivity index (χ0n) is 8.50. The van der Waals surface area contributed by atoms with Crippen molar-refractivity contribution in [1.29, 1.82) is 0 Å². The monoisotopic (exact) mass is 223 g/mol. The summed E-state index contributed by atoms with van der Waals surface area (Å²) in [5.41, 5.74) is 1.02. The van der Waals surface area contributed by atoms with Gasteiger partial charge in [-0.25, -0.2) is 9.50 Å². The third-order valence-electron chi connectivity index (χ3n) is 2.11. The van der Waals surface area contributed by atoms with Gasteiger partial charge in [-0.2, -0.15) is 5.10 Å². The first-order valence-electron chi connectivity index (χ1n) is 4.83. The average Bonchev–Trinajstić information content (AvgIpc) is 2.74. The lowest BCUT2D eigenvalue weighted by Crippen LogP contribution is -2.03. The van der Waals surface area contributed by atoms with Gasteiger partial charge < -0.3 is 5.11 Å². The molecule has 0 aliphatic carbocycles. The van der Waals surface area contributed by atoms with Crippen molar-refractivity contribution < 1.29 is 5.11 Å². The van der Waals surface area contributed by atoms with E-state index in [4.69, 9.17) is 5.11 Å². The molecular formula is C10H13N3OS. The third-order valence-corrected chi connectivity index (χ3v) is 3.43. The number of hydrogen-bond donors (Lipinski definition) is 1. The molecule has 15 heavy (non-hydrogen) atoms. The van der Waals surface area contributed by atoms with Gasteiger partial charge in [0.05, 0.1) is 11.7 Å². The highest BCUT2D eigenvalue weighted by molar-refractivity contribution is 7.99. The van der Waals surface area contributed by atoms with Crippen LogP contribution in [0.4, 0.5) is 0 Å². The second-order valence-corrected chi connectivity index (χ2v) is 4.50. The molecule has 0 fully saturated rings. The van der Waals surface area contributed by atoms with Gasteiger partial charge in [0.2, 0.25) is 0 Å². The Balaban J connectivity index is 2.17. The second-order valence-electron chi connectivity index (χ2n) is 3.49. The molecule has 0 aliphatic heterocycles. The number of nitrogens with zero attached hydrogens (tertiary/aromatic N) is 3. The van der Waals surface area contributed by atoms with E-state index in [-0.39, 0.29) is 6.61 Å². The SMILES string of the molecule is CC(CO)CSc1nccn2nccc12.